The molecule has 1 aromatic rings. The highest BCUT2D eigenvalue weighted by Gasteiger charge is 2.10. The zero-order valence-electron chi connectivity index (χ0n) is 17.2. The van der Waals surface area contributed by atoms with Gasteiger partial charge >= 0.3 is 11.9 Å². The minimum absolute atomic E-state index is 0.307. The molecule has 0 aliphatic heterocycles. The third-order valence-corrected chi connectivity index (χ3v) is 3.55. The SMILES string of the molecule is C=C(C)C(=O)OC(C)=C(C)Oc1ccc(OC(C)=C(C)OC(=O)C(=C)C)cc1. The van der Waals surface area contributed by atoms with Crippen LogP contribution in [0.15, 0.2) is 71.6 Å². The van der Waals surface area contributed by atoms with Crippen LogP contribution < -0.4 is 9.47 Å². The van der Waals surface area contributed by atoms with Gasteiger partial charge in [0.05, 0.1) is 0 Å². The number of benzene rings is 1. The van der Waals surface area contributed by atoms with Crippen LogP contribution in [0.3, 0.4) is 0 Å². The summed E-state index contributed by atoms with van der Waals surface area (Å²) >= 11 is 0. The lowest BCUT2D eigenvalue weighted by molar-refractivity contribution is -0.136. The Morgan fingerprint density at radius 3 is 1.14 bits per heavy atom. The van der Waals surface area contributed by atoms with E-state index in [0.717, 1.165) is 0 Å². The topological polar surface area (TPSA) is 71.1 Å². The van der Waals surface area contributed by atoms with Gasteiger partial charge < -0.3 is 18.9 Å². The number of rotatable bonds is 8. The predicted octanol–water partition coefficient (Wildman–Crippen LogP) is 5.19. The van der Waals surface area contributed by atoms with Crippen molar-refractivity contribution in [2.45, 2.75) is 41.5 Å². The zero-order chi connectivity index (χ0) is 21.4. The van der Waals surface area contributed by atoms with E-state index in [2.05, 4.69) is 13.2 Å². The summed E-state index contributed by atoms with van der Waals surface area (Å²) in [5.74, 6) is 1.67. The second-order valence-corrected chi connectivity index (χ2v) is 6.24. The summed E-state index contributed by atoms with van der Waals surface area (Å²) in [5, 5.41) is 0. The van der Waals surface area contributed by atoms with E-state index in [1.807, 2.05) is 0 Å². The van der Waals surface area contributed by atoms with E-state index in [-0.39, 0.29) is 0 Å². The number of carbonyl (C=O) groups excluding carboxylic acids is 2. The summed E-state index contributed by atoms with van der Waals surface area (Å²) in [7, 11) is 0. The number of allylic oxidation sites excluding steroid dienone is 4. The van der Waals surface area contributed by atoms with Crippen LogP contribution >= 0.6 is 0 Å². The van der Waals surface area contributed by atoms with Gasteiger partial charge in [0.25, 0.3) is 0 Å². The van der Waals surface area contributed by atoms with Gasteiger partial charge in [-0.2, -0.15) is 0 Å². The Hall–Kier alpha value is -3.28. The van der Waals surface area contributed by atoms with Crippen LogP contribution in [0.1, 0.15) is 41.5 Å². The fourth-order valence-corrected chi connectivity index (χ4v) is 1.67. The Labute approximate surface area is 165 Å². The molecule has 0 radical (unpaired) electrons. The second kappa shape index (κ2) is 10.2. The Balaban J connectivity index is 2.78. The van der Waals surface area contributed by atoms with Crippen molar-refractivity contribution in [3.05, 3.63) is 71.6 Å². The van der Waals surface area contributed by atoms with Gasteiger partial charge in [-0.3, -0.25) is 0 Å². The maximum atomic E-state index is 11.5. The van der Waals surface area contributed by atoms with Crippen molar-refractivity contribution >= 4 is 11.9 Å². The van der Waals surface area contributed by atoms with E-state index >= 15 is 0 Å². The molecule has 0 bridgehead atoms. The highest BCUT2D eigenvalue weighted by atomic mass is 16.6. The van der Waals surface area contributed by atoms with Crippen LogP contribution in [-0.4, -0.2) is 11.9 Å². The van der Waals surface area contributed by atoms with Crippen LogP contribution in [0.25, 0.3) is 0 Å². The van der Waals surface area contributed by atoms with Crippen molar-refractivity contribution in [3.8, 4) is 11.5 Å². The molecule has 0 saturated heterocycles. The molecule has 0 fully saturated rings. The molecule has 0 atom stereocenters. The van der Waals surface area contributed by atoms with E-state index in [1.54, 1.807) is 65.8 Å². The average Bonchev–Trinajstić information content (AvgIpc) is 2.62. The predicted molar refractivity (Wildman–Crippen MR) is 106 cm³/mol. The van der Waals surface area contributed by atoms with Gasteiger partial charge in [0.15, 0.2) is 0 Å². The molecule has 6 heteroatoms. The van der Waals surface area contributed by atoms with Gasteiger partial charge in [-0.05, 0) is 65.8 Å². The normalized spacial score (nSPS) is 12.2. The smallest absolute Gasteiger partial charge is 0.338 e. The molecule has 1 aromatic carbocycles. The van der Waals surface area contributed by atoms with Gasteiger partial charge in [-0.1, -0.05) is 13.2 Å². The van der Waals surface area contributed by atoms with Crippen LogP contribution in [0.5, 0.6) is 11.5 Å². The molecule has 6 nitrogen and oxygen atoms in total. The summed E-state index contributed by atoms with van der Waals surface area (Å²) in [6, 6.07) is 6.81. The Morgan fingerprint density at radius 1 is 0.607 bits per heavy atom. The number of carbonyl (C=O) groups is 2. The van der Waals surface area contributed by atoms with Gasteiger partial charge in [-0.15, -0.1) is 0 Å². The molecule has 0 saturated carbocycles. The number of hydrogen-bond acceptors (Lipinski definition) is 6. The van der Waals surface area contributed by atoms with Crippen molar-refractivity contribution in [1.29, 1.82) is 0 Å². The monoisotopic (exact) mass is 386 g/mol. The van der Waals surface area contributed by atoms with Crippen molar-refractivity contribution in [3.63, 3.8) is 0 Å². The fraction of sp³-hybridized carbons (Fsp3) is 0.273. The van der Waals surface area contributed by atoms with Crippen molar-refractivity contribution in [1.82, 2.24) is 0 Å². The Bertz CT molecular complexity index is 769. The minimum Gasteiger partial charge on any atom is -0.459 e. The maximum Gasteiger partial charge on any atom is 0.338 e. The third-order valence-electron chi connectivity index (χ3n) is 3.55. The summed E-state index contributed by atoms with van der Waals surface area (Å²) in [5.41, 5.74) is 0.614. The second-order valence-electron chi connectivity index (χ2n) is 6.24. The van der Waals surface area contributed by atoms with Gasteiger partial charge in [0.2, 0.25) is 0 Å². The molecule has 0 aromatic heterocycles. The molecule has 150 valence electrons. The molecule has 1 rings (SSSR count). The van der Waals surface area contributed by atoms with E-state index in [1.165, 1.54) is 0 Å². The van der Waals surface area contributed by atoms with Crippen LogP contribution in [-0.2, 0) is 19.1 Å². The average molecular weight is 386 g/mol. The van der Waals surface area contributed by atoms with Crippen molar-refractivity contribution < 1.29 is 28.5 Å². The molecule has 0 aliphatic carbocycles. The van der Waals surface area contributed by atoms with Crippen LogP contribution in [0.4, 0.5) is 0 Å². The molecule has 0 unspecified atom stereocenters. The largest absolute Gasteiger partial charge is 0.459 e. The van der Waals surface area contributed by atoms with Crippen molar-refractivity contribution in [2.24, 2.45) is 0 Å². The summed E-state index contributed by atoms with van der Waals surface area (Å²) in [6.45, 7) is 16.9. The van der Waals surface area contributed by atoms with E-state index in [9.17, 15) is 9.59 Å². The first-order chi connectivity index (χ1) is 13.0. The maximum absolute atomic E-state index is 11.5. The molecular formula is C22H26O6. The molecule has 0 aliphatic rings. The number of esters is 2. The highest BCUT2D eigenvalue weighted by molar-refractivity contribution is 5.88. The first-order valence-corrected chi connectivity index (χ1v) is 8.57. The lowest BCUT2D eigenvalue weighted by atomic mass is 10.3. The molecule has 0 amide bonds. The van der Waals surface area contributed by atoms with Crippen LogP contribution in [0, 0.1) is 0 Å². The Kier molecular flexibility index (Phi) is 8.26. The van der Waals surface area contributed by atoms with E-state index in [0.29, 0.717) is 45.7 Å². The summed E-state index contributed by atoms with van der Waals surface area (Å²) in [4.78, 5) is 23.1. The zero-order valence-corrected chi connectivity index (χ0v) is 17.2. The van der Waals surface area contributed by atoms with Crippen LogP contribution in [0.2, 0.25) is 0 Å². The molecule has 28 heavy (non-hydrogen) atoms. The molecular weight excluding hydrogens is 360 g/mol. The lowest BCUT2D eigenvalue weighted by Gasteiger charge is -2.12. The van der Waals surface area contributed by atoms with Gasteiger partial charge in [0.1, 0.15) is 34.5 Å². The first-order valence-electron chi connectivity index (χ1n) is 8.57. The molecule has 0 heterocycles. The van der Waals surface area contributed by atoms with Crippen molar-refractivity contribution in [2.75, 3.05) is 0 Å². The standard InChI is InChI=1S/C22H26O6/c1-13(2)21(23)27-17(7)15(5)25-19-9-11-20(12-10-19)26-16(6)18(8)28-22(24)14(3)4/h9-12H,1,3H2,2,4-8H3. The van der Waals surface area contributed by atoms with Gasteiger partial charge in [-0.25, -0.2) is 9.59 Å². The third kappa shape index (κ3) is 7.15. The number of hydrogen-bond donors (Lipinski definition) is 0. The first kappa shape index (κ1) is 22.8. The highest BCUT2D eigenvalue weighted by Crippen LogP contribution is 2.23. The fourth-order valence-electron chi connectivity index (χ4n) is 1.67. The summed E-state index contributed by atoms with van der Waals surface area (Å²) in [6.07, 6.45) is 0. The van der Waals surface area contributed by atoms with E-state index in [4.69, 9.17) is 18.9 Å². The van der Waals surface area contributed by atoms with E-state index < -0.39 is 11.9 Å². The molecule has 0 N–H and O–H groups in total. The lowest BCUT2D eigenvalue weighted by Crippen LogP contribution is -2.07. The van der Waals surface area contributed by atoms with Gasteiger partial charge in [0, 0.05) is 11.1 Å². The minimum atomic E-state index is -0.505. The number of ether oxygens (including phenoxy) is 4. The quantitative estimate of drug-likeness (QED) is 0.348. The molecule has 0 spiro atoms. The Morgan fingerprint density at radius 2 is 0.893 bits per heavy atom. The summed E-state index contributed by atoms with van der Waals surface area (Å²) < 4.78 is 21.6.